The van der Waals surface area contributed by atoms with E-state index in [1.54, 1.807) is 30.1 Å². The lowest BCUT2D eigenvalue weighted by Crippen LogP contribution is -2.37. The maximum Gasteiger partial charge on any atom is 0.317 e. The van der Waals surface area contributed by atoms with Crippen LogP contribution in [-0.2, 0) is 13.0 Å². The van der Waals surface area contributed by atoms with Gasteiger partial charge in [0.15, 0.2) is 11.5 Å². The van der Waals surface area contributed by atoms with E-state index in [-0.39, 0.29) is 11.8 Å². The number of amides is 2. The van der Waals surface area contributed by atoms with Crippen LogP contribution in [0, 0.1) is 5.82 Å². The van der Waals surface area contributed by atoms with Gasteiger partial charge in [-0.05, 0) is 35.7 Å². The van der Waals surface area contributed by atoms with Crippen LogP contribution in [0.2, 0.25) is 0 Å². The second-order valence-corrected chi connectivity index (χ2v) is 5.91. The second kappa shape index (κ2) is 7.88. The van der Waals surface area contributed by atoms with Crippen LogP contribution in [0.1, 0.15) is 11.1 Å². The van der Waals surface area contributed by atoms with Crippen LogP contribution in [0.4, 0.5) is 9.18 Å². The minimum absolute atomic E-state index is 0.203. The van der Waals surface area contributed by atoms with E-state index < -0.39 is 0 Å². The molecule has 2 aromatic carbocycles. The summed E-state index contributed by atoms with van der Waals surface area (Å²) in [4.78, 5) is 13.8. The van der Waals surface area contributed by atoms with Crippen molar-refractivity contribution in [2.45, 2.75) is 13.0 Å². The third-order valence-corrected chi connectivity index (χ3v) is 4.00. The van der Waals surface area contributed by atoms with Gasteiger partial charge in [0.1, 0.15) is 19.0 Å². The highest BCUT2D eigenvalue weighted by molar-refractivity contribution is 5.73. The lowest BCUT2D eigenvalue weighted by atomic mass is 10.1. The van der Waals surface area contributed by atoms with Crippen LogP contribution in [0.25, 0.3) is 0 Å². The molecule has 6 heteroatoms. The fraction of sp³-hybridized carbons (Fsp3) is 0.316. The summed E-state index contributed by atoms with van der Waals surface area (Å²) in [6.07, 6.45) is 0.455. The molecule has 0 unspecified atom stereocenters. The van der Waals surface area contributed by atoms with Crippen molar-refractivity contribution in [2.24, 2.45) is 0 Å². The number of urea groups is 1. The summed E-state index contributed by atoms with van der Waals surface area (Å²) in [7, 11) is 1.72. The second-order valence-electron chi connectivity index (χ2n) is 5.91. The first-order valence-corrected chi connectivity index (χ1v) is 8.24. The Kier molecular flexibility index (Phi) is 5.38. The predicted molar refractivity (Wildman–Crippen MR) is 92.4 cm³/mol. The molecule has 0 aromatic heterocycles. The van der Waals surface area contributed by atoms with Crippen molar-refractivity contribution in [1.82, 2.24) is 10.2 Å². The molecule has 1 aliphatic heterocycles. The van der Waals surface area contributed by atoms with Crippen LogP contribution in [0.3, 0.4) is 0 Å². The predicted octanol–water partition coefficient (Wildman–Crippen LogP) is 2.98. The Balaban J connectivity index is 1.50. The van der Waals surface area contributed by atoms with Gasteiger partial charge >= 0.3 is 6.03 Å². The Morgan fingerprint density at radius 3 is 2.72 bits per heavy atom. The van der Waals surface area contributed by atoms with Gasteiger partial charge in [-0.3, -0.25) is 0 Å². The molecule has 1 aliphatic rings. The van der Waals surface area contributed by atoms with Gasteiger partial charge in [0, 0.05) is 20.1 Å². The van der Waals surface area contributed by atoms with Crippen LogP contribution in [-0.4, -0.2) is 37.7 Å². The average Bonchev–Trinajstić information content (AvgIpc) is 2.63. The van der Waals surface area contributed by atoms with E-state index in [4.69, 9.17) is 9.47 Å². The molecule has 0 radical (unpaired) electrons. The standard InChI is InChI=1S/C19H21FN2O3/c1-22(13-14-6-7-17-18(12-14)25-11-10-24-17)19(23)21-9-8-15-4-2-3-5-16(15)20/h2-7,12H,8-11,13H2,1H3,(H,21,23). The van der Waals surface area contributed by atoms with Crippen LogP contribution in [0.15, 0.2) is 42.5 Å². The third kappa shape index (κ3) is 4.41. The summed E-state index contributed by atoms with van der Waals surface area (Å²) >= 11 is 0. The van der Waals surface area contributed by atoms with Gasteiger partial charge in [0.05, 0.1) is 0 Å². The third-order valence-electron chi connectivity index (χ3n) is 4.00. The van der Waals surface area contributed by atoms with Crippen molar-refractivity contribution in [1.29, 1.82) is 0 Å². The highest BCUT2D eigenvalue weighted by atomic mass is 19.1. The smallest absolute Gasteiger partial charge is 0.317 e. The molecule has 0 spiro atoms. The first kappa shape index (κ1) is 17.1. The van der Waals surface area contributed by atoms with Crippen molar-refractivity contribution >= 4 is 6.03 Å². The molecular formula is C19H21FN2O3. The molecule has 0 bridgehead atoms. The van der Waals surface area contributed by atoms with E-state index in [0.717, 1.165) is 11.3 Å². The van der Waals surface area contributed by atoms with Crippen LogP contribution >= 0.6 is 0 Å². The molecule has 1 N–H and O–H groups in total. The molecule has 25 heavy (non-hydrogen) atoms. The van der Waals surface area contributed by atoms with Crippen molar-refractivity contribution in [3.05, 3.63) is 59.4 Å². The van der Waals surface area contributed by atoms with Crippen LogP contribution < -0.4 is 14.8 Å². The van der Waals surface area contributed by atoms with Gasteiger partial charge in [-0.1, -0.05) is 24.3 Å². The maximum absolute atomic E-state index is 13.6. The van der Waals surface area contributed by atoms with E-state index in [9.17, 15) is 9.18 Å². The van der Waals surface area contributed by atoms with Gasteiger partial charge in [-0.25, -0.2) is 9.18 Å². The largest absolute Gasteiger partial charge is 0.486 e. The Hall–Kier alpha value is -2.76. The summed E-state index contributed by atoms with van der Waals surface area (Å²) in [6, 6.07) is 12.0. The number of benzene rings is 2. The minimum atomic E-state index is -0.249. The highest BCUT2D eigenvalue weighted by Crippen LogP contribution is 2.31. The summed E-state index contributed by atoms with van der Waals surface area (Å²) in [6.45, 7) is 1.91. The molecule has 0 atom stereocenters. The molecule has 3 rings (SSSR count). The number of nitrogens with zero attached hydrogens (tertiary/aromatic N) is 1. The molecule has 2 amide bonds. The Labute approximate surface area is 146 Å². The number of nitrogens with one attached hydrogen (secondary N) is 1. The zero-order valence-electron chi connectivity index (χ0n) is 14.1. The number of ether oxygens (including phenoxy) is 2. The molecule has 132 valence electrons. The zero-order chi connectivity index (χ0) is 17.6. The minimum Gasteiger partial charge on any atom is -0.486 e. The van der Waals surface area contributed by atoms with Gasteiger partial charge in [-0.2, -0.15) is 0 Å². The zero-order valence-corrected chi connectivity index (χ0v) is 14.1. The van der Waals surface area contributed by atoms with Gasteiger partial charge in [0.2, 0.25) is 0 Å². The van der Waals surface area contributed by atoms with Crippen molar-refractivity contribution in [2.75, 3.05) is 26.8 Å². The number of carbonyl (C=O) groups excluding carboxylic acids is 1. The normalized spacial score (nSPS) is 12.6. The summed E-state index contributed by atoms with van der Waals surface area (Å²) in [5.41, 5.74) is 1.55. The molecule has 5 nitrogen and oxygen atoms in total. The molecule has 0 saturated carbocycles. The Morgan fingerprint density at radius 2 is 1.92 bits per heavy atom. The quantitative estimate of drug-likeness (QED) is 0.907. The Bertz CT molecular complexity index is 751. The van der Waals surface area contributed by atoms with Gasteiger partial charge in [0.25, 0.3) is 0 Å². The number of hydrogen-bond donors (Lipinski definition) is 1. The number of halogens is 1. The molecule has 2 aromatic rings. The SMILES string of the molecule is CN(Cc1ccc2c(c1)OCCO2)C(=O)NCCc1ccccc1F. The fourth-order valence-electron chi connectivity index (χ4n) is 2.67. The van der Waals surface area contributed by atoms with E-state index in [1.165, 1.54) is 6.07 Å². The van der Waals surface area contributed by atoms with E-state index in [1.807, 2.05) is 18.2 Å². The Morgan fingerprint density at radius 1 is 1.16 bits per heavy atom. The first-order valence-electron chi connectivity index (χ1n) is 8.24. The van der Waals surface area contributed by atoms with Crippen molar-refractivity contribution in [3.8, 4) is 11.5 Å². The number of hydrogen-bond acceptors (Lipinski definition) is 3. The molecule has 0 fully saturated rings. The van der Waals surface area contributed by atoms with Crippen LogP contribution in [0.5, 0.6) is 11.5 Å². The van der Waals surface area contributed by atoms with Crippen molar-refractivity contribution < 1.29 is 18.7 Å². The van der Waals surface area contributed by atoms with E-state index in [2.05, 4.69) is 5.32 Å². The molecule has 1 heterocycles. The van der Waals surface area contributed by atoms with Gasteiger partial charge < -0.3 is 19.7 Å². The molecule has 0 saturated heterocycles. The maximum atomic E-state index is 13.6. The van der Waals surface area contributed by atoms with E-state index >= 15 is 0 Å². The first-order chi connectivity index (χ1) is 12.1. The highest BCUT2D eigenvalue weighted by Gasteiger charge is 2.14. The molecule has 0 aliphatic carbocycles. The lowest BCUT2D eigenvalue weighted by molar-refractivity contribution is 0.171. The lowest BCUT2D eigenvalue weighted by Gasteiger charge is -2.21. The number of rotatable bonds is 5. The van der Waals surface area contributed by atoms with E-state index in [0.29, 0.717) is 44.0 Å². The summed E-state index contributed by atoms with van der Waals surface area (Å²) in [5.74, 6) is 1.19. The number of carbonyl (C=O) groups is 1. The fourth-order valence-corrected chi connectivity index (χ4v) is 2.67. The summed E-state index contributed by atoms with van der Waals surface area (Å²) < 4.78 is 24.6. The monoisotopic (exact) mass is 344 g/mol. The van der Waals surface area contributed by atoms with Crippen molar-refractivity contribution in [3.63, 3.8) is 0 Å². The molecular weight excluding hydrogens is 323 g/mol. The van der Waals surface area contributed by atoms with Gasteiger partial charge in [-0.15, -0.1) is 0 Å². The summed E-state index contributed by atoms with van der Waals surface area (Å²) in [5, 5.41) is 2.81. The topological polar surface area (TPSA) is 50.8 Å². The average molecular weight is 344 g/mol. The number of fused-ring (bicyclic) bond motifs is 1.